The van der Waals surface area contributed by atoms with Gasteiger partial charge in [0.15, 0.2) is 0 Å². The molecule has 1 N–H and O–H groups in total. The zero-order chi connectivity index (χ0) is 14.4. The van der Waals surface area contributed by atoms with Crippen molar-refractivity contribution in [3.05, 3.63) is 35.4 Å². The number of likely N-dealkylation sites (N-methyl/N-ethyl adjacent to an activating group) is 1. The summed E-state index contributed by atoms with van der Waals surface area (Å²) in [6.07, 6.45) is 2.18. The van der Waals surface area contributed by atoms with E-state index >= 15 is 0 Å². The third-order valence-corrected chi connectivity index (χ3v) is 5.05. The highest BCUT2D eigenvalue weighted by atomic mass is 32.2. The number of aryl methyl sites for hydroxylation is 1. The Morgan fingerprint density at radius 3 is 2.60 bits per heavy atom. The summed E-state index contributed by atoms with van der Waals surface area (Å²) in [4.78, 5) is 2.64. The summed E-state index contributed by atoms with van der Waals surface area (Å²) in [6, 6.07) is 9.36. The second-order valence-corrected chi connectivity index (χ2v) is 6.20. The maximum Gasteiger partial charge on any atom is 0.0488 e. The molecule has 1 unspecified atom stereocenters. The van der Waals surface area contributed by atoms with Crippen LogP contribution in [-0.4, -0.2) is 54.7 Å². The molecule has 1 saturated heterocycles. The Labute approximate surface area is 127 Å². The molecule has 4 heteroatoms. The number of nitrogens with one attached hydrogen (secondary N) is 1. The van der Waals surface area contributed by atoms with Crippen LogP contribution in [0.3, 0.4) is 0 Å². The summed E-state index contributed by atoms with van der Waals surface area (Å²) in [5.41, 5.74) is 2.90. The number of hydrogen-bond acceptors (Lipinski definition) is 4. The maximum absolute atomic E-state index is 3.46. The van der Waals surface area contributed by atoms with Crippen LogP contribution in [0.15, 0.2) is 24.3 Å². The molecule has 1 aromatic rings. The largest absolute Gasteiger partial charge is 0.314 e. The third kappa shape index (κ3) is 3.98. The quantitative estimate of drug-likeness (QED) is 0.812. The van der Waals surface area contributed by atoms with Crippen molar-refractivity contribution in [2.75, 3.05) is 45.5 Å². The second kappa shape index (κ2) is 8.03. The van der Waals surface area contributed by atoms with Crippen LogP contribution in [0.25, 0.3) is 0 Å². The smallest absolute Gasteiger partial charge is 0.0488 e. The average molecular weight is 293 g/mol. The third-order valence-electron chi connectivity index (χ3n) is 4.13. The van der Waals surface area contributed by atoms with E-state index in [1.54, 1.807) is 0 Å². The van der Waals surface area contributed by atoms with Gasteiger partial charge in [-0.1, -0.05) is 43.1 Å². The van der Waals surface area contributed by atoms with Crippen LogP contribution in [0, 0.1) is 6.92 Å². The Kier molecular flexibility index (Phi) is 6.36. The lowest BCUT2D eigenvalue weighted by Crippen LogP contribution is -2.47. The van der Waals surface area contributed by atoms with Gasteiger partial charge in [0.2, 0.25) is 0 Å². The molecule has 0 spiro atoms. The number of piperazine rings is 1. The number of nitrogens with zero attached hydrogens (tertiary/aromatic N) is 2. The Morgan fingerprint density at radius 2 is 2.00 bits per heavy atom. The highest BCUT2D eigenvalue weighted by molar-refractivity contribution is 7.96. The molecule has 112 valence electrons. The van der Waals surface area contributed by atoms with E-state index in [-0.39, 0.29) is 0 Å². The van der Waals surface area contributed by atoms with Gasteiger partial charge in [0, 0.05) is 45.3 Å². The molecular formula is C16H27N3S. The molecule has 0 amide bonds. The Morgan fingerprint density at radius 1 is 1.30 bits per heavy atom. The fraction of sp³-hybridized carbons (Fsp3) is 0.625. The monoisotopic (exact) mass is 293 g/mol. The Bertz CT molecular complexity index is 400. The molecule has 0 aliphatic carbocycles. The van der Waals surface area contributed by atoms with Crippen molar-refractivity contribution in [3.8, 4) is 0 Å². The Hall–Kier alpha value is -0.550. The predicted molar refractivity (Wildman–Crippen MR) is 89.1 cm³/mol. The zero-order valence-electron chi connectivity index (χ0n) is 12.9. The molecule has 0 radical (unpaired) electrons. The van der Waals surface area contributed by atoms with Crippen molar-refractivity contribution in [2.24, 2.45) is 0 Å². The molecule has 2 rings (SSSR count). The summed E-state index contributed by atoms with van der Waals surface area (Å²) < 4.78 is 2.46. The lowest BCUT2D eigenvalue weighted by atomic mass is 9.99. The minimum atomic E-state index is 0.505. The van der Waals surface area contributed by atoms with Crippen LogP contribution < -0.4 is 5.32 Å². The van der Waals surface area contributed by atoms with Crippen LogP contribution in [0.4, 0.5) is 0 Å². The van der Waals surface area contributed by atoms with E-state index in [1.807, 2.05) is 11.9 Å². The van der Waals surface area contributed by atoms with Crippen LogP contribution in [0.5, 0.6) is 0 Å². The summed E-state index contributed by atoms with van der Waals surface area (Å²) in [7, 11) is 0. The molecule has 3 nitrogen and oxygen atoms in total. The van der Waals surface area contributed by atoms with Gasteiger partial charge in [0.25, 0.3) is 0 Å². The summed E-state index contributed by atoms with van der Waals surface area (Å²) >= 11 is 1.85. The number of hydrogen-bond donors (Lipinski definition) is 1. The fourth-order valence-corrected chi connectivity index (χ4v) is 3.44. The van der Waals surface area contributed by atoms with E-state index in [4.69, 9.17) is 0 Å². The van der Waals surface area contributed by atoms with E-state index in [9.17, 15) is 0 Å². The van der Waals surface area contributed by atoms with Gasteiger partial charge in [-0.2, -0.15) is 0 Å². The topological polar surface area (TPSA) is 18.5 Å². The van der Waals surface area contributed by atoms with E-state index in [0.717, 1.165) is 39.3 Å². The van der Waals surface area contributed by atoms with Crippen molar-refractivity contribution in [2.45, 2.75) is 19.9 Å². The van der Waals surface area contributed by atoms with E-state index in [1.165, 1.54) is 11.1 Å². The Balaban J connectivity index is 2.21. The highest BCUT2D eigenvalue weighted by Crippen LogP contribution is 2.26. The van der Waals surface area contributed by atoms with Crippen LogP contribution in [0.2, 0.25) is 0 Å². The molecular weight excluding hydrogens is 266 g/mol. The molecule has 1 aliphatic rings. The normalized spacial score (nSPS) is 18.4. The number of rotatable bonds is 6. The van der Waals surface area contributed by atoms with Gasteiger partial charge in [-0.05, 0) is 24.3 Å². The van der Waals surface area contributed by atoms with Crippen molar-refractivity contribution in [1.29, 1.82) is 0 Å². The van der Waals surface area contributed by atoms with Crippen LogP contribution >= 0.6 is 11.9 Å². The van der Waals surface area contributed by atoms with E-state index < -0.39 is 0 Å². The van der Waals surface area contributed by atoms with Gasteiger partial charge in [-0.25, -0.2) is 4.31 Å². The molecule has 1 aliphatic heterocycles. The van der Waals surface area contributed by atoms with E-state index in [0.29, 0.717) is 6.04 Å². The van der Waals surface area contributed by atoms with Crippen LogP contribution in [0.1, 0.15) is 24.1 Å². The van der Waals surface area contributed by atoms with Gasteiger partial charge in [0.05, 0.1) is 0 Å². The average Bonchev–Trinajstić information content (AvgIpc) is 2.51. The predicted octanol–water partition coefficient (Wildman–Crippen LogP) is 2.54. The molecule has 20 heavy (non-hydrogen) atoms. The first-order valence-electron chi connectivity index (χ1n) is 7.55. The molecule has 0 saturated carbocycles. The fourth-order valence-electron chi connectivity index (χ4n) is 2.89. The van der Waals surface area contributed by atoms with Gasteiger partial charge >= 0.3 is 0 Å². The van der Waals surface area contributed by atoms with Crippen molar-refractivity contribution < 1.29 is 0 Å². The first kappa shape index (κ1) is 15.8. The summed E-state index contributed by atoms with van der Waals surface area (Å²) in [5.74, 6) is 0. The first-order valence-corrected chi connectivity index (χ1v) is 8.73. The van der Waals surface area contributed by atoms with Gasteiger partial charge < -0.3 is 5.32 Å². The molecule has 1 atom stereocenters. The van der Waals surface area contributed by atoms with E-state index in [2.05, 4.69) is 58.9 Å². The van der Waals surface area contributed by atoms with Gasteiger partial charge in [-0.3, -0.25) is 4.90 Å². The molecule has 1 heterocycles. The second-order valence-electron chi connectivity index (χ2n) is 5.32. The molecule has 0 bridgehead atoms. The lowest BCUT2D eigenvalue weighted by molar-refractivity contribution is 0.155. The van der Waals surface area contributed by atoms with Crippen molar-refractivity contribution in [1.82, 2.24) is 14.5 Å². The van der Waals surface area contributed by atoms with Crippen LogP contribution in [-0.2, 0) is 0 Å². The maximum atomic E-state index is 3.46. The minimum Gasteiger partial charge on any atom is -0.314 e. The first-order chi connectivity index (χ1) is 9.76. The lowest BCUT2D eigenvalue weighted by Gasteiger charge is -2.38. The molecule has 1 aromatic carbocycles. The molecule has 1 fully saturated rings. The molecule has 0 aromatic heterocycles. The standard InChI is InChI=1S/C16H27N3S/c1-4-19(20-3)13-16(18-11-9-17-10-12-18)15-8-6-5-7-14(15)2/h5-8,16-17H,4,9-13H2,1-3H3. The SMILES string of the molecule is CCN(CC(c1ccccc1C)N1CCNCC1)SC. The zero-order valence-corrected chi connectivity index (χ0v) is 13.7. The van der Waals surface area contributed by atoms with Crippen molar-refractivity contribution >= 4 is 11.9 Å². The summed E-state index contributed by atoms with van der Waals surface area (Å²) in [6.45, 7) is 11.2. The van der Waals surface area contributed by atoms with Crippen molar-refractivity contribution in [3.63, 3.8) is 0 Å². The van der Waals surface area contributed by atoms with Gasteiger partial charge in [-0.15, -0.1) is 0 Å². The minimum absolute atomic E-state index is 0.505. The summed E-state index contributed by atoms with van der Waals surface area (Å²) in [5, 5.41) is 3.46. The highest BCUT2D eigenvalue weighted by Gasteiger charge is 2.24. The van der Waals surface area contributed by atoms with Gasteiger partial charge in [0.1, 0.15) is 0 Å². The number of benzene rings is 1.